The van der Waals surface area contributed by atoms with Crippen molar-refractivity contribution in [1.29, 1.82) is 0 Å². The lowest BCUT2D eigenvalue weighted by Gasteiger charge is -2.10. The Morgan fingerprint density at radius 3 is 2.94 bits per heavy atom. The molecule has 0 saturated heterocycles. The van der Waals surface area contributed by atoms with Crippen molar-refractivity contribution in [3.05, 3.63) is 27.4 Å². The molecular weight excluding hydrogens is 226 g/mol. The van der Waals surface area contributed by atoms with Gasteiger partial charge in [-0.15, -0.1) is 0 Å². The molecule has 1 aromatic carbocycles. The van der Waals surface area contributed by atoms with Gasteiger partial charge in [0.1, 0.15) is 0 Å². The van der Waals surface area contributed by atoms with Gasteiger partial charge in [0.25, 0.3) is 0 Å². The second kappa shape index (κ2) is 4.27. The Bertz CT molecular complexity index is 558. The molecule has 0 aliphatic rings. The summed E-state index contributed by atoms with van der Waals surface area (Å²) in [7, 11) is 1.56. The van der Waals surface area contributed by atoms with E-state index in [2.05, 4.69) is 0 Å². The highest BCUT2D eigenvalue weighted by molar-refractivity contribution is 7.16. The summed E-state index contributed by atoms with van der Waals surface area (Å²) in [5, 5.41) is 0. The number of fused-ring (bicyclic) bond motifs is 1. The summed E-state index contributed by atoms with van der Waals surface area (Å²) >= 11 is 1.08. The predicted octanol–water partition coefficient (Wildman–Crippen LogP) is 1.93. The molecule has 0 radical (unpaired) electrons. The van der Waals surface area contributed by atoms with Gasteiger partial charge < -0.3 is 14.9 Å². The van der Waals surface area contributed by atoms with Gasteiger partial charge in [-0.05, 0) is 30.2 Å². The maximum Gasteiger partial charge on any atom is 0.396 e. The molecule has 0 fully saturated rings. The molecule has 1 heterocycles. The molecule has 86 valence electrons. The zero-order valence-corrected chi connectivity index (χ0v) is 9.97. The highest BCUT2D eigenvalue weighted by Crippen LogP contribution is 2.31. The number of ether oxygens (including phenoxy) is 1. The largest absolute Gasteiger partial charge is 0.493 e. The van der Waals surface area contributed by atoms with Crippen LogP contribution in [0.4, 0.5) is 0 Å². The maximum atomic E-state index is 11.2. The van der Waals surface area contributed by atoms with Crippen LogP contribution in [0.2, 0.25) is 0 Å². The van der Waals surface area contributed by atoms with Gasteiger partial charge >= 0.3 is 4.94 Å². The first kappa shape index (κ1) is 11.2. The van der Waals surface area contributed by atoms with E-state index in [9.17, 15) is 4.79 Å². The predicted molar refractivity (Wildman–Crippen MR) is 64.4 cm³/mol. The fourth-order valence-electron chi connectivity index (χ4n) is 1.54. The first-order valence-electron chi connectivity index (χ1n) is 4.97. The number of hydrogen-bond donors (Lipinski definition) is 1. The molecule has 0 aliphatic heterocycles. The van der Waals surface area contributed by atoms with Crippen LogP contribution in [0.1, 0.15) is 18.4 Å². The highest BCUT2D eigenvalue weighted by Gasteiger charge is 2.13. The first-order chi connectivity index (χ1) is 7.65. The molecule has 0 amide bonds. The van der Waals surface area contributed by atoms with E-state index in [4.69, 9.17) is 14.9 Å². The Morgan fingerprint density at radius 1 is 1.56 bits per heavy atom. The molecule has 0 aliphatic carbocycles. The number of nitrogens with two attached hydrogens (primary N) is 1. The van der Waals surface area contributed by atoms with E-state index in [0.717, 1.165) is 21.6 Å². The van der Waals surface area contributed by atoms with Gasteiger partial charge in [0.2, 0.25) is 0 Å². The Labute approximate surface area is 96.6 Å². The summed E-state index contributed by atoms with van der Waals surface area (Å²) in [5.41, 5.74) is 7.20. The first-order valence-corrected chi connectivity index (χ1v) is 5.79. The Hall–Kier alpha value is -1.33. The molecule has 0 spiro atoms. The SMILES string of the molecule is COc1cc(C(C)CN)cc2sc(=O)oc12. The van der Waals surface area contributed by atoms with E-state index in [-0.39, 0.29) is 10.9 Å². The maximum absolute atomic E-state index is 11.2. The van der Waals surface area contributed by atoms with Crippen LogP contribution in [0.3, 0.4) is 0 Å². The van der Waals surface area contributed by atoms with Crippen LogP contribution in [0, 0.1) is 0 Å². The van der Waals surface area contributed by atoms with Crippen molar-refractivity contribution >= 4 is 21.6 Å². The Balaban J connectivity index is 2.67. The monoisotopic (exact) mass is 239 g/mol. The van der Waals surface area contributed by atoms with Crippen molar-refractivity contribution in [2.45, 2.75) is 12.8 Å². The molecule has 2 rings (SSSR count). The highest BCUT2D eigenvalue weighted by atomic mass is 32.1. The second-order valence-corrected chi connectivity index (χ2v) is 4.62. The van der Waals surface area contributed by atoms with Crippen molar-refractivity contribution in [3.63, 3.8) is 0 Å². The average molecular weight is 239 g/mol. The quantitative estimate of drug-likeness (QED) is 0.888. The van der Waals surface area contributed by atoms with E-state index in [1.807, 2.05) is 19.1 Å². The fourth-order valence-corrected chi connectivity index (χ4v) is 2.27. The summed E-state index contributed by atoms with van der Waals surface area (Å²) in [6, 6.07) is 3.81. The van der Waals surface area contributed by atoms with Gasteiger partial charge in [0.15, 0.2) is 11.3 Å². The fraction of sp³-hybridized carbons (Fsp3) is 0.364. The molecule has 4 nitrogen and oxygen atoms in total. The van der Waals surface area contributed by atoms with Gasteiger partial charge in [-0.3, -0.25) is 0 Å². The van der Waals surface area contributed by atoms with E-state index in [0.29, 0.717) is 17.9 Å². The lowest BCUT2D eigenvalue weighted by atomic mass is 10.0. The van der Waals surface area contributed by atoms with Gasteiger partial charge in [-0.2, -0.15) is 0 Å². The molecule has 16 heavy (non-hydrogen) atoms. The molecule has 2 N–H and O–H groups in total. The zero-order chi connectivity index (χ0) is 11.7. The average Bonchev–Trinajstić information content (AvgIpc) is 2.66. The molecule has 5 heteroatoms. The van der Waals surface area contributed by atoms with E-state index in [1.54, 1.807) is 7.11 Å². The molecular formula is C11H13NO3S. The van der Waals surface area contributed by atoms with E-state index in [1.165, 1.54) is 0 Å². The van der Waals surface area contributed by atoms with Crippen LogP contribution in [0.25, 0.3) is 10.3 Å². The molecule has 2 aromatic rings. The smallest absolute Gasteiger partial charge is 0.396 e. The summed E-state index contributed by atoms with van der Waals surface area (Å²) in [6.45, 7) is 2.59. The minimum absolute atomic E-state index is 0.232. The minimum atomic E-state index is -0.314. The van der Waals surface area contributed by atoms with Crippen LogP contribution in [-0.2, 0) is 0 Å². The summed E-state index contributed by atoms with van der Waals surface area (Å²) in [4.78, 5) is 10.9. The second-order valence-electron chi connectivity index (χ2n) is 3.64. The van der Waals surface area contributed by atoms with Crippen LogP contribution in [-0.4, -0.2) is 13.7 Å². The molecule has 0 bridgehead atoms. The molecule has 1 unspecified atom stereocenters. The molecule has 0 saturated carbocycles. The van der Waals surface area contributed by atoms with Crippen LogP contribution in [0.15, 0.2) is 21.3 Å². The Kier molecular flexibility index (Phi) is 2.98. The van der Waals surface area contributed by atoms with Crippen LogP contribution >= 0.6 is 11.3 Å². The standard InChI is InChI=1S/C11H13NO3S/c1-6(5-12)7-3-8(14-2)10-9(4-7)16-11(13)15-10/h3-4,6H,5,12H2,1-2H3. The van der Waals surface area contributed by atoms with Crippen molar-refractivity contribution < 1.29 is 9.15 Å². The van der Waals surface area contributed by atoms with Gasteiger partial charge in [-0.1, -0.05) is 18.3 Å². The lowest BCUT2D eigenvalue weighted by Crippen LogP contribution is -2.08. The summed E-state index contributed by atoms with van der Waals surface area (Å²) in [6.07, 6.45) is 0. The lowest BCUT2D eigenvalue weighted by molar-refractivity contribution is 0.408. The van der Waals surface area contributed by atoms with E-state index < -0.39 is 0 Å². The topological polar surface area (TPSA) is 65.5 Å². The van der Waals surface area contributed by atoms with Crippen molar-refractivity contribution in [1.82, 2.24) is 0 Å². The third kappa shape index (κ3) is 1.83. The number of benzene rings is 1. The summed E-state index contributed by atoms with van der Waals surface area (Å²) < 4.78 is 11.1. The third-order valence-corrected chi connectivity index (χ3v) is 3.34. The van der Waals surface area contributed by atoms with Crippen LogP contribution in [0.5, 0.6) is 5.75 Å². The number of rotatable bonds is 3. The van der Waals surface area contributed by atoms with Crippen molar-refractivity contribution in [2.75, 3.05) is 13.7 Å². The van der Waals surface area contributed by atoms with Gasteiger partial charge in [-0.25, -0.2) is 4.79 Å². The van der Waals surface area contributed by atoms with Gasteiger partial charge in [0.05, 0.1) is 11.8 Å². The van der Waals surface area contributed by atoms with Crippen molar-refractivity contribution in [2.24, 2.45) is 5.73 Å². The third-order valence-electron chi connectivity index (χ3n) is 2.56. The van der Waals surface area contributed by atoms with Crippen LogP contribution < -0.4 is 15.4 Å². The Morgan fingerprint density at radius 2 is 2.31 bits per heavy atom. The normalized spacial score (nSPS) is 12.9. The minimum Gasteiger partial charge on any atom is -0.493 e. The molecule has 1 aromatic heterocycles. The van der Waals surface area contributed by atoms with Gasteiger partial charge in [0, 0.05) is 0 Å². The summed E-state index contributed by atoms with van der Waals surface area (Å²) in [5.74, 6) is 0.821. The zero-order valence-electron chi connectivity index (χ0n) is 9.15. The van der Waals surface area contributed by atoms with Crippen molar-refractivity contribution in [3.8, 4) is 5.75 Å². The molecule has 1 atom stereocenters. The van der Waals surface area contributed by atoms with E-state index >= 15 is 0 Å². The number of methoxy groups -OCH3 is 1. The number of hydrogen-bond acceptors (Lipinski definition) is 5.